The largest absolute Gasteiger partial charge is 0.481 e. The molecule has 21 heavy (non-hydrogen) atoms. The number of hydrogen-bond acceptors (Lipinski definition) is 2. The molecule has 2 aromatic rings. The lowest BCUT2D eigenvalue weighted by molar-refractivity contribution is -0.127. The predicted molar refractivity (Wildman–Crippen MR) is 84.3 cm³/mol. The minimum atomic E-state index is -0.519. The Morgan fingerprint density at radius 2 is 1.86 bits per heavy atom. The van der Waals surface area contributed by atoms with Gasteiger partial charge in [0.1, 0.15) is 5.75 Å². The molecule has 1 atom stereocenters. The van der Waals surface area contributed by atoms with Crippen LogP contribution in [-0.4, -0.2) is 12.0 Å². The van der Waals surface area contributed by atoms with Gasteiger partial charge in [-0.15, -0.1) is 0 Å². The first kappa shape index (κ1) is 15.1. The fraction of sp³-hybridized carbons (Fsp3) is 0.278. The molecule has 0 aliphatic carbocycles. The Labute approximate surface area is 126 Å². The second kappa shape index (κ2) is 6.93. The predicted octanol–water partition coefficient (Wildman–Crippen LogP) is 3.39. The summed E-state index contributed by atoms with van der Waals surface area (Å²) in [5.41, 5.74) is 3.22. The van der Waals surface area contributed by atoms with Crippen molar-refractivity contribution in [2.45, 2.75) is 33.4 Å². The third-order valence-electron chi connectivity index (χ3n) is 3.33. The zero-order chi connectivity index (χ0) is 15.2. The van der Waals surface area contributed by atoms with Crippen molar-refractivity contribution in [2.75, 3.05) is 0 Å². The average molecular weight is 283 g/mol. The topological polar surface area (TPSA) is 38.3 Å². The number of amides is 1. The van der Waals surface area contributed by atoms with Crippen LogP contribution in [0.2, 0.25) is 0 Å². The molecule has 0 fully saturated rings. The van der Waals surface area contributed by atoms with Crippen molar-refractivity contribution in [3.63, 3.8) is 0 Å². The summed E-state index contributed by atoms with van der Waals surface area (Å²) in [7, 11) is 0. The number of carbonyl (C=O) groups excluding carboxylic acids is 1. The molecule has 0 bridgehead atoms. The molecular weight excluding hydrogens is 262 g/mol. The highest BCUT2D eigenvalue weighted by molar-refractivity contribution is 5.80. The number of rotatable bonds is 5. The number of carbonyl (C=O) groups is 1. The summed E-state index contributed by atoms with van der Waals surface area (Å²) in [6, 6.07) is 15.8. The molecule has 0 heterocycles. The van der Waals surface area contributed by atoms with Crippen LogP contribution in [0.15, 0.2) is 48.5 Å². The highest BCUT2D eigenvalue weighted by Crippen LogP contribution is 2.20. The zero-order valence-electron chi connectivity index (χ0n) is 12.7. The highest BCUT2D eigenvalue weighted by atomic mass is 16.5. The summed E-state index contributed by atoms with van der Waals surface area (Å²) in [5.74, 6) is 0.650. The van der Waals surface area contributed by atoms with Crippen molar-refractivity contribution in [2.24, 2.45) is 0 Å². The van der Waals surface area contributed by atoms with Gasteiger partial charge < -0.3 is 10.1 Å². The molecular formula is C18H21NO2. The van der Waals surface area contributed by atoms with Crippen LogP contribution in [0.4, 0.5) is 0 Å². The minimum Gasteiger partial charge on any atom is -0.481 e. The van der Waals surface area contributed by atoms with E-state index in [-0.39, 0.29) is 5.91 Å². The molecule has 3 nitrogen and oxygen atoms in total. The van der Waals surface area contributed by atoms with Gasteiger partial charge in [0.15, 0.2) is 6.10 Å². The van der Waals surface area contributed by atoms with Crippen molar-refractivity contribution in [1.29, 1.82) is 0 Å². The lowest BCUT2D eigenvalue weighted by Crippen LogP contribution is -2.36. The van der Waals surface area contributed by atoms with Crippen LogP contribution in [0, 0.1) is 13.8 Å². The maximum absolute atomic E-state index is 12.1. The summed E-state index contributed by atoms with van der Waals surface area (Å²) in [6.07, 6.45) is -0.519. The Kier molecular flexibility index (Phi) is 4.99. The van der Waals surface area contributed by atoms with Gasteiger partial charge in [0.25, 0.3) is 5.91 Å². The molecule has 0 aliphatic rings. The van der Waals surface area contributed by atoms with Gasteiger partial charge in [-0.05, 0) is 43.5 Å². The Morgan fingerprint density at radius 3 is 2.57 bits per heavy atom. The van der Waals surface area contributed by atoms with E-state index in [4.69, 9.17) is 4.74 Å². The van der Waals surface area contributed by atoms with E-state index in [9.17, 15) is 4.79 Å². The van der Waals surface area contributed by atoms with Crippen molar-refractivity contribution < 1.29 is 9.53 Å². The Balaban J connectivity index is 1.92. The summed E-state index contributed by atoms with van der Waals surface area (Å²) in [4.78, 5) is 12.1. The monoisotopic (exact) mass is 283 g/mol. The number of aryl methyl sites for hydroxylation is 2. The van der Waals surface area contributed by atoms with Crippen molar-refractivity contribution in [3.05, 3.63) is 65.2 Å². The van der Waals surface area contributed by atoms with E-state index in [2.05, 4.69) is 5.32 Å². The molecule has 2 aromatic carbocycles. The molecule has 110 valence electrons. The third kappa shape index (κ3) is 4.35. The van der Waals surface area contributed by atoms with Gasteiger partial charge in [0.2, 0.25) is 0 Å². The smallest absolute Gasteiger partial charge is 0.261 e. The summed E-state index contributed by atoms with van der Waals surface area (Å²) >= 11 is 0. The number of ether oxygens (including phenoxy) is 1. The molecule has 0 spiro atoms. The lowest BCUT2D eigenvalue weighted by Gasteiger charge is -2.16. The van der Waals surface area contributed by atoms with Gasteiger partial charge >= 0.3 is 0 Å². The second-order valence-corrected chi connectivity index (χ2v) is 5.23. The van der Waals surface area contributed by atoms with Gasteiger partial charge in [-0.1, -0.05) is 42.5 Å². The van der Waals surface area contributed by atoms with Gasteiger partial charge in [-0.25, -0.2) is 0 Å². The first-order chi connectivity index (χ1) is 10.1. The standard InChI is InChI=1S/C18H21NO2/c1-13-9-10-14(2)17(11-13)21-15(3)18(20)19-12-16-7-5-4-6-8-16/h4-11,15H,12H2,1-3H3,(H,19,20)/t15-/m1/s1. The molecule has 0 saturated heterocycles. The van der Waals surface area contributed by atoms with Crippen LogP contribution < -0.4 is 10.1 Å². The summed E-state index contributed by atoms with van der Waals surface area (Å²) in [6.45, 7) is 6.26. The van der Waals surface area contributed by atoms with Crippen molar-refractivity contribution >= 4 is 5.91 Å². The molecule has 3 heteroatoms. The quantitative estimate of drug-likeness (QED) is 0.913. The van der Waals surface area contributed by atoms with E-state index in [1.165, 1.54) is 0 Å². The Bertz CT molecular complexity index is 608. The Hall–Kier alpha value is -2.29. The van der Waals surface area contributed by atoms with E-state index < -0.39 is 6.10 Å². The van der Waals surface area contributed by atoms with Gasteiger partial charge in [-0.2, -0.15) is 0 Å². The molecule has 0 aromatic heterocycles. The van der Waals surface area contributed by atoms with Crippen molar-refractivity contribution in [3.8, 4) is 5.75 Å². The second-order valence-electron chi connectivity index (χ2n) is 5.23. The normalized spacial score (nSPS) is 11.8. The van der Waals surface area contributed by atoms with Crippen molar-refractivity contribution in [1.82, 2.24) is 5.32 Å². The van der Waals surface area contributed by atoms with E-state index >= 15 is 0 Å². The first-order valence-electron chi connectivity index (χ1n) is 7.12. The molecule has 0 radical (unpaired) electrons. The molecule has 0 unspecified atom stereocenters. The van der Waals surface area contributed by atoms with Crippen LogP contribution >= 0.6 is 0 Å². The van der Waals surface area contributed by atoms with Crippen LogP contribution in [0.5, 0.6) is 5.75 Å². The molecule has 2 rings (SSSR count). The van der Waals surface area contributed by atoms with E-state index in [0.717, 1.165) is 22.4 Å². The summed E-state index contributed by atoms with van der Waals surface area (Å²) in [5, 5.41) is 2.89. The SMILES string of the molecule is Cc1ccc(C)c(O[C@H](C)C(=O)NCc2ccccc2)c1. The van der Waals surface area contributed by atoms with Crippen LogP contribution in [0.25, 0.3) is 0 Å². The summed E-state index contributed by atoms with van der Waals surface area (Å²) < 4.78 is 5.76. The fourth-order valence-corrected chi connectivity index (χ4v) is 2.01. The molecule has 1 amide bonds. The Morgan fingerprint density at radius 1 is 1.14 bits per heavy atom. The van der Waals surface area contributed by atoms with Crippen LogP contribution in [0.3, 0.4) is 0 Å². The fourth-order valence-electron chi connectivity index (χ4n) is 2.01. The number of hydrogen-bond donors (Lipinski definition) is 1. The third-order valence-corrected chi connectivity index (χ3v) is 3.33. The average Bonchev–Trinajstić information content (AvgIpc) is 2.49. The van der Waals surface area contributed by atoms with E-state index in [0.29, 0.717) is 6.54 Å². The lowest BCUT2D eigenvalue weighted by atomic mass is 10.1. The van der Waals surface area contributed by atoms with E-state index in [1.807, 2.05) is 62.4 Å². The minimum absolute atomic E-state index is 0.111. The first-order valence-corrected chi connectivity index (χ1v) is 7.12. The van der Waals surface area contributed by atoms with Crippen LogP contribution in [-0.2, 0) is 11.3 Å². The molecule has 0 saturated carbocycles. The maximum Gasteiger partial charge on any atom is 0.261 e. The van der Waals surface area contributed by atoms with Gasteiger partial charge in [0, 0.05) is 6.54 Å². The van der Waals surface area contributed by atoms with E-state index in [1.54, 1.807) is 6.92 Å². The zero-order valence-corrected chi connectivity index (χ0v) is 12.7. The maximum atomic E-state index is 12.1. The molecule has 1 N–H and O–H groups in total. The molecule has 0 aliphatic heterocycles. The number of nitrogens with one attached hydrogen (secondary N) is 1. The highest BCUT2D eigenvalue weighted by Gasteiger charge is 2.15. The van der Waals surface area contributed by atoms with Gasteiger partial charge in [0.05, 0.1) is 0 Å². The van der Waals surface area contributed by atoms with Gasteiger partial charge in [-0.3, -0.25) is 4.79 Å². The van der Waals surface area contributed by atoms with Crippen LogP contribution in [0.1, 0.15) is 23.6 Å². The number of benzene rings is 2.